The van der Waals surface area contributed by atoms with Gasteiger partial charge in [0.25, 0.3) is 0 Å². The van der Waals surface area contributed by atoms with Crippen LogP contribution >= 0.6 is 12.2 Å². The summed E-state index contributed by atoms with van der Waals surface area (Å²) >= 11 is 5.12. The third-order valence-electron chi connectivity index (χ3n) is 2.47. The summed E-state index contributed by atoms with van der Waals surface area (Å²) in [6, 6.07) is 0.228. The molecule has 0 amide bonds. The van der Waals surface area contributed by atoms with Crippen LogP contribution < -0.4 is 0 Å². The second-order valence-electron chi connectivity index (χ2n) is 3.85. The van der Waals surface area contributed by atoms with Gasteiger partial charge in [-0.05, 0) is 33.0 Å². The van der Waals surface area contributed by atoms with Crippen molar-refractivity contribution in [2.24, 2.45) is 0 Å². The zero-order chi connectivity index (χ0) is 11.2. The molecule has 2 rings (SSSR count). The Bertz CT molecular complexity index is 568. The fraction of sp³-hybridized carbons (Fsp3) is 0.400. The van der Waals surface area contributed by atoms with Crippen molar-refractivity contribution in [3.63, 3.8) is 0 Å². The van der Waals surface area contributed by atoms with Crippen molar-refractivity contribution in [1.29, 1.82) is 0 Å². The van der Waals surface area contributed by atoms with Crippen molar-refractivity contribution >= 4 is 23.3 Å². The summed E-state index contributed by atoms with van der Waals surface area (Å²) < 4.78 is 15.6. The number of hydrogen-bond acceptors (Lipinski definition) is 2. The van der Waals surface area contributed by atoms with Crippen molar-refractivity contribution in [3.05, 3.63) is 22.5 Å². The normalized spacial score (nSPS) is 11.5. The molecule has 3 nitrogen and oxygen atoms in total. The molecule has 15 heavy (non-hydrogen) atoms. The molecule has 2 aromatic rings. The van der Waals surface area contributed by atoms with Crippen LogP contribution in [-0.4, -0.2) is 14.5 Å². The molecule has 2 aromatic heterocycles. The van der Waals surface area contributed by atoms with Crippen LogP contribution in [0.4, 0.5) is 4.39 Å². The highest BCUT2D eigenvalue weighted by Gasteiger charge is 2.10. The lowest BCUT2D eigenvalue weighted by Gasteiger charge is -2.09. The first-order chi connectivity index (χ1) is 7.00. The molecule has 0 spiro atoms. The molecule has 0 radical (unpaired) electrons. The molecular formula is C10H12FN3S. The molecule has 0 fully saturated rings. The zero-order valence-electron chi connectivity index (χ0n) is 8.84. The first-order valence-electron chi connectivity index (χ1n) is 4.77. The molecule has 0 saturated carbocycles. The van der Waals surface area contributed by atoms with E-state index in [9.17, 15) is 4.39 Å². The van der Waals surface area contributed by atoms with Gasteiger partial charge in [-0.3, -0.25) is 0 Å². The summed E-state index contributed by atoms with van der Waals surface area (Å²) in [6.45, 7) is 5.76. The summed E-state index contributed by atoms with van der Waals surface area (Å²) in [7, 11) is 0. The topological polar surface area (TPSA) is 33.6 Å². The van der Waals surface area contributed by atoms with Gasteiger partial charge < -0.3 is 9.55 Å². The lowest BCUT2D eigenvalue weighted by molar-refractivity contribution is 0.581. The van der Waals surface area contributed by atoms with E-state index in [1.165, 1.54) is 0 Å². The Labute approximate surface area is 92.0 Å². The molecule has 0 aromatic carbocycles. The van der Waals surface area contributed by atoms with Crippen LogP contribution in [0, 0.1) is 17.6 Å². The Morgan fingerprint density at radius 1 is 1.53 bits per heavy atom. The predicted octanol–water partition coefficient (Wildman–Crippen LogP) is 3.12. The Balaban J connectivity index is 2.83. The Kier molecular flexibility index (Phi) is 2.34. The van der Waals surface area contributed by atoms with E-state index in [2.05, 4.69) is 9.97 Å². The van der Waals surface area contributed by atoms with E-state index in [1.54, 1.807) is 6.92 Å². The van der Waals surface area contributed by atoms with Gasteiger partial charge in [-0.25, -0.2) is 4.98 Å². The molecule has 5 heteroatoms. The van der Waals surface area contributed by atoms with Gasteiger partial charge in [-0.1, -0.05) is 0 Å². The van der Waals surface area contributed by atoms with Gasteiger partial charge in [0.15, 0.2) is 5.95 Å². The highest BCUT2D eigenvalue weighted by Crippen LogP contribution is 2.20. The summed E-state index contributed by atoms with van der Waals surface area (Å²) in [5, 5.41) is 0.787. The molecular weight excluding hydrogens is 213 g/mol. The van der Waals surface area contributed by atoms with Crippen molar-refractivity contribution in [2.45, 2.75) is 26.8 Å². The molecule has 0 aliphatic rings. The van der Waals surface area contributed by atoms with Crippen molar-refractivity contribution in [3.8, 4) is 0 Å². The molecule has 2 heterocycles. The van der Waals surface area contributed by atoms with Gasteiger partial charge in [0.05, 0.1) is 0 Å². The van der Waals surface area contributed by atoms with Crippen LogP contribution in [0.15, 0.2) is 6.20 Å². The minimum absolute atomic E-state index is 0.228. The fourth-order valence-electron chi connectivity index (χ4n) is 1.52. The highest BCUT2D eigenvalue weighted by atomic mass is 32.1. The molecule has 0 saturated heterocycles. The molecule has 0 aliphatic carbocycles. The average molecular weight is 225 g/mol. The van der Waals surface area contributed by atoms with Gasteiger partial charge >= 0.3 is 0 Å². The molecule has 1 N–H and O–H groups in total. The molecule has 0 aliphatic heterocycles. The van der Waals surface area contributed by atoms with Gasteiger partial charge in [0, 0.05) is 23.2 Å². The van der Waals surface area contributed by atoms with Crippen molar-refractivity contribution in [1.82, 2.24) is 14.5 Å². The number of H-pyrrole nitrogens is 1. The number of aromatic nitrogens is 3. The Hall–Kier alpha value is -1.23. The maximum Gasteiger partial charge on any atom is 0.201 e. The standard InChI is InChI=1S/C10H12FN3S/c1-5(2)14-4-7-6(3)8(11)12-9(7)13-10(14)15/h4-5H,1-3H3,(H,12,13,15). The van der Waals surface area contributed by atoms with E-state index >= 15 is 0 Å². The third kappa shape index (κ3) is 1.56. The van der Waals surface area contributed by atoms with E-state index in [1.807, 2.05) is 24.6 Å². The predicted molar refractivity (Wildman–Crippen MR) is 60.0 cm³/mol. The van der Waals surface area contributed by atoms with E-state index < -0.39 is 0 Å². The number of rotatable bonds is 1. The Morgan fingerprint density at radius 3 is 2.80 bits per heavy atom. The van der Waals surface area contributed by atoms with E-state index in [0.29, 0.717) is 16.0 Å². The fourth-order valence-corrected chi connectivity index (χ4v) is 1.88. The lowest BCUT2D eigenvalue weighted by atomic mass is 10.2. The smallest absolute Gasteiger partial charge is 0.201 e. The number of aryl methyl sites for hydroxylation is 1. The van der Waals surface area contributed by atoms with Gasteiger partial charge in [-0.15, -0.1) is 0 Å². The maximum atomic E-state index is 13.3. The molecule has 0 bridgehead atoms. The van der Waals surface area contributed by atoms with Crippen LogP contribution in [0.3, 0.4) is 0 Å². The highest BCUT2D eigenvalue weighted by molar-refractivity contribution is 7.71. The monoisotopic (exact) mass is 225 g/mol. The van der Waals surface area contributed by atoms with Crippen LogP contribution in [0.2, 0.25) is 0 Å². The SMILES string of the molecule is Cc1c(F)[nH]c2nc(=S)n(C(C)C)cc12. The maximum absolute atomic E-state index is 13.3. The largest absolute Gasteiger partial charge is 0.321 e. The van der Waals surface area contributed by atoms with E-state index in [-0.39, 0.29) is 12.0 Å². The van der Waals surface area contributed by atoms with Gasteiger partial charge in [0.1, 0.15) is 5.65 Å². The lowest BCUT2D eigenvalue weighted by Crippen LogP contribution is -2.04. The summed E-state index contributed by atoms with van der Waals surface area (Å²) in [5.74, 6) is -0.339. The van der Waals surface area contributed by atoms with Gasteiger partial charge in [-0.2, -0.15) is 4.39 Å². The van der Waals surface area contributed by atoms with Crippen molar-refractivity contribution < 1.29 is 4.39 Å². The average Bonchev–Trinajstić information content (AvgIpc) is 2.41. The van der Waals surface area contributed by atoms with Crippen molar-refractivity contribution in [2.75, 3.05) is 0 Å². The summed E-state index contributed by atoms with van der Waals surface area (Å²) in [4.78, 5) is 6.74. The van der Waals surface area contributed by atoms with Crippen LogP contribution in [-0.2, 0) is 0 Å². The van der Waals surface area contributed by atoms with Crippen LogP contribution in [0.1, 0.15) is 25.5 Å². The minimum Gasteiger partial charge on any atom is -0.321 e. The van der Waals surface area contributed by atoms with Crippen LogP contribution in [0.5, 0.6) is 0 Å². The zero-order valence-corrected chi connectivity index (χ0v) is 9.65. The minimum atomic E-state index is -0.339. The quantitative estimate of drug-likeness (QED) is 0.756. The van der Waals surface area contributed by atoms with Crippen LogP contribution in [0.25, 0.3) is 11.0 Å². The number of hydrogen-bond donors (Lipinski definition) is 1. The van der Waals surface area contributed by atoms with Gasteiger partial charge in [0.2, 0.25) is 4.77 Å². The Morgan fingerprint density at radius 2 is 2.20 bits per heavy atom. The molecule has 80 valence electrons. The van der Waals surface area contributed by atoms with E-state index in [0.717, 1.165) is 5.39 Å². The molecule has 0 atom stereocenters. The number of aromatic amines is 1. The summed E-state index contributed by atoms with van der Waals surface area (Å²) in [6.07, 6.45) is 1.85. The number of fused-ring (bicyclic) bond motifs is 1. The first-order valence-corrected chi connectivity index (χ1v) is 5.18. The number of nitrogens with one attached hydrogen (secondary N) is 1. The third-order valence-corrected chi connectivity index (χ3v) is 2.77. The summed E-state index contributed by atoms with van der Waals surface area (Å²) in [5.41, 5.74) is 1.11. The van der Waals surface area contributed by atoms with E-state index in [4.69, 9.17) is 12.2 Å². The first kappa shape index (κ1) is 10.3. The number of halogens is 1. The molecule has 0 unspecified atom stereocenters. The second kappa shape index (κ2) is 3.41. The second-order valence-corrected chi connectivity index (χ2v) is 4.22. The number of nitrogens with zero attached hydrogens (tertiary/aromatic N) is 2.